The van der Waals surface area contributed by atoms with Crippen molar-refractivity contribution >= 4 is 24.8 Å². The second kappa shape index (κ2) is 5.49. The summed E-state index contributed by atoms with van der Waals surface area (Å²) in [6, 6.07) is 2.01. The maximum Gasteiger partial charge on any atom is 0.134 e. The van der Waals surface area contributed by atoms with Gasteiger partial charge in [0.25, 0.3) is 0 Å². The minimum atomic E-state index is 0. The Labute approximate surface area is 96.5 Å². The summed E-state index contributed by atoms with van der Waals surface area (Å²) in [6.45, 7) is 6.10. The summed E-state index contributed by atoms with van der Waals surface area (Å²) in [7, 11) is 0. The molecule has 80 valence electrons. The highest BCUT2D eigenvalue weighted by atomic mass is 35.5. The largest absolute Gasteiger partial charge is 0.315 e. The first-order valence-electron chi connectivity index (χ1n) is 4.28. The van der Waals surface area contributed by atoms with Crippen LogP contribution >= 0.6 is 24.8 Å². The van der Waals surface area contributed by atoms with Gasteiger partial charge in [0.05, 0.1) is 0 Å². The van der Waals surface area contributed by atoms with Crippen molar-refractivity contribution in [3.63, 3.8) is 0 Å². The van der Waals surface area contributed by atoms with Crippen LogP contribution in [0, 0.1) is 13.8 Å². The lowest BCUT2D eigenvalue weighted by atomic mass is 10.0. The Morgan fingerprint density at radius 2 is 1.64 bits per heavy atom. The molecule has 5 heteroatoms. The number of halogens is 2. The molecule has 1 aromatic heterocycles. The molecule has 1 aromatic rings. The number of nitrogens with one attached hydrogen (secondary N) is 1. The maximum atomic E-state index is 4.40. The Morgan fingerprint density at radius 1 is 1.14 bits per heavy atom. The molecule has 0 spiro atoms. The molecular formula is C9H15Cl2N3. The van der Waals surface area contributed by atoms with E-state index < -0.39 is 0 Å². The number of hydrogen-bond donors (Lipinski definition) is 1. The molecule has 1 saturated heterocycles. The van der Waals surface area contributed by atoms with Crippen LogP contribution in [0.5, 0.6) is 0 Å². The molecule has 0 aromatic carbocycles. The highest BCUT2D eigenvalue weighted by molar-refractivity contribution is 5.85. The molecule has 0 aliphatic carbocycles. The topological polar surface area (TPSA) is 37.8 Å². The fourth-order valence-corrected chi connectivity index (χ4v) is 1.41. The zero-order valence-corrected chi connectivity index (χ0v) is 9.91. The van der Waals surface area contributed by atoms with Crippen molar-refractivity contribution in [2.75, 3.05) is 13.1 Å². The number of hydrogen-bond acceptors (Lipinski definition) is 3. The number of nitrogens with zero attached hydrogens (tertiary/aromatic N) is 2. The van der Waals surface area contributed by atoms with Crippen molar-refractivity contribution in [3.8, 4) is 0 Å². The summed E-state index contributed by atoms with van der Waals surface area (Å²) in [5.41, 5.74) is 2.15. The van der Waals surface area contributed by atoms with Gasteiger partial charge in [-0.3, -0.25) is 0 Å². The Bertz CT molecular complexity index is 280. The maximum absolute atomic E-state index is 4.40. The van der Waals surface area contributed by atoms with Crippen LogP contribution < -0.4 is 5.32 Å². The molecule has 2 heterocycles. The lowest BCUT2D eigenvalue weighted by Crippen LogP contribution is -2.41. The molecule has 0 radical (unpaired) electrons. The molecule has 1 N–H and O–H groups in total. The van der Waals surface area contributed by atoms with Crippen molar-refractivity contribution in [2.24, 2.45) is 0 Å². The van der Waals surface area contributed by atoms with Crippen LogP contribution in [0.25, 0.3) is 0 Å². The summed E-state index contributed by atoms with van der Waals surface area (Å²) in [6.07, 6.45) is 0. The number of aromatic nitrogens is 2. The molecule has 0 bridgehead atoms. The molecule has 14 heavy (non-hydrogen) atoms. The van der Waals surface area contributed by atoms with E-state index in [4.69, 9.17) is 0 Å². The van der Waals surface area contributed by atoms with E-state index in [0.29, 0.717) is 5.92 Å². The Kier molecular flexibility index (Phi) is 5.34. The van der Waals surface area contributed by atoms with Crippen LogP contribution in [0.15, 0.2) is 6.07 Å². The van der Waals surface area contributed by atoms with Crippen LogP contribution in [-0.4, -0.2) is 23.1 Å². The van der Waals surface area contributed by atoms with E-state index >= 15 is 0 Å². The van der Waals surface area contributed by atoms with E-state index in [0.717, 1.165) is 30.3 Å². The highest BCUT2D eigenvalue weighted by Gasteiger charge is 2.21. The molecule has 3 nitrogen and oxygen atoms in total. The van der Waals surface area contributed by atoms with E-state index in [1.165, 1.54) is 0 Å². The normalized spacial score (nSPS) is 15.0. The molecule has 2 rings (SSSR count). The minimum Gasteiger partial charge on any atom is -0.315 e. The summed E-state index contributed by atoms with van der Waals surface area (Å²) < 4.78 is 0. The number of rotatable bonds is 1. The summed E-state index contributed by atoms with van der Waals surface area (Å²) in [5, 5.41) is 3.22. The molecule has 0 saturated carbocycles. The molecular weight excluding hydrogens is 221 g/mol. The molecule has 0 amide bonds. The van der Waals surface area contributed by atoms with E-state index in [1.54, 1.807) is 0 Å². The van der Waals surface area contributed by atoms with Crippen LogP contribution in [0.1, 0.15) is 23.1 Å². The Morgan fingerprint density at radius 3 is 2.00 bits per heavy atom. The van der Waals surface area contributed by atoms with Gasteiger partial charge in [0.2, 0.25) is 0 Å². The van der Waals surface area contributed by atoms with Crippen molar-refractivity contribution in [2.45, 2.75) is 19.8 Å². The average Bonchev–Trinajstić information content (AvgIpc) is 1.79. The lowest BCUT2D eigenvalue weighted by molar-refractivity contribution is 0.428. The van der Waals surface area contributed by atoms with Crippen LogP contribution in [0.4, 0.5) is 0 Å². The van der Waals surface area contributed by atoms with Crippen LogP contribution in [0.2, 0.25) is 0 Å². The fraction of sp³-hybridized carbons (Fsp3) is 0.556. The van der Waals surface area contributed by atoms with E-state index in [1.807, 2.05) is 19.9 Å². The van der Waals surface area contributed by atoms with Gasteiger partial charge in [0.15, 0.2) is 0 Å². The van der Waals surface area contributed by atoms with Crippen molar-refractivity contribution in [3.05, 3.63) is 23.3 Å². The van der Waals surface area contributed by atoms with Gasteiger partial charge in [-0.05, 0) is 19.9 Å². The monoisotopic (exact) mass is 235 g/mol. The lowest BCUT2D eigenvalue weighted by Gasteiger charge is -2.25. The molecule has 0 atom stereocenters. The Balaban J connectivity index is 0.000000845. The first-order valence-corrected chi connectivity index (χ1v) is 4.28. The smallest absolute Gasteiger partial charge is 0.134 e. The van der Waals surface area contributed by atoms with Crippen molar-refractivity contribution in [1.82, 2.24) is 15.3 Å². The van der Waals surface area contributed by atoms with Gasteiger partial charge in [-0.15, -0.1) is 24.8 Å². The average molecular weight is 236 g/mol. The van der Waals surface area contributed by atoms with E-state index in [-0.39, 0.29) is 24.8 Å². The summed E-state index contributed by atoms with van der Waals surface area (Å²) in [4.78, 5) is 8.81. The predicted octanol–water partition coefficient (Wildman–Crippen LogP) is 1.62. The summed E-state index contributed by atoms with van der Waals surface area (Å²) >= 11 is 0. The molecule has 1 aliphatic heterocycles. The molecule has 1 fully saturated rings. The zero-order chi connectivity index (χ0) is 8.55. The molecule has 0 unspecified atom stereocenters. The first kappa shape index (κ1) is 13.6. The van der Waals surface area contributed by atoms with Crippen LogP contribution in [-0.2, 0) is 0 Å². The van der Waals surface area contributed by atoms with Gasteiger partial charge in [0, 0.05) is 30.4 Å². The fourth-order valence-electron chi connectivity index (χ4n) is 1.41. The predicted molar refractivity (Wildman–Crippen MR) is 61.6 cm³/mol. The quantitative estimate of drug-likeness (QED) is 0.805. The van der Waals surface area contributed by atoms with Gasteiger partial charge < -0.3 is 5.32 Å². The van der Waals surface area contributed by atoms with E-state index in [9.17, 15) is 0 Å². The zero-order valence-electron chi connectivity index (χ0n) is 8.28. The first-order chi connectivity index (χ1) is 5.75. The van der Waals surface area contributed by atoms with Gasteiger partial charge in [-0.1, -0.05) is 0 Å². The van der Waals surface area contributed by atoms with Crippen molar-refractivity contribution < 1.29 is 0 Å². The third-order valence-corrected chi connectivity index (χ3v) is 2.15. The van der Waals surface area contributed by atoms with Gasteiger partial charge in [-0.2, -0.15) is 0 Å². The summed E-state index contributed by atoms with van der Waals surface area (Å²) in [5.74, 6) is 1.55. The second-order valence-corrected chi connectivity index (χ2v) is 3.36. The van der Waals surface area contributed by atoms with Crippen molar-refractivity contribution in [1.29, 1.82) is 0 Å². The Hall–Kier alpha value is -0.380. The van der Waals surface area contributed by atoms with Crippen LogP contribution in [0.3, 0.4) is 0 Å². The third kappa shape index (κ3) is 2.80. The number of aryl methyl sites for hydroxylation is 2. The third-order valence-electron chi connectivity index (χ3n) is 2.15. The van der Waals surface area contributed by atoms with Gasteiger partial charge >= 0.3 is 0 Å². The van der Waals surface area contributed by atoms with Gasteiger partial charge in [-0.25, -0.2) is 9.97 Å². The SMILES string of the molecule is Cc1cc(C)nc(C2CNC2)n1.Cl.Cl. The standard InChI is InChI=1S/C9H13N3.2ClH/c1-6-3-7(2)12-9(11-6)8-4-10-5-8;;/h3,8,10H,4-5H2,1-2H3;2*1H. The second-order valence-electron chi connectivity index (χ2n) is 3.36. The minimum absolute atomic E-state index is 0. The van der Waals surface area contributed by atoms with E-state index in [2.05, 4.69) is 15.3 Å². The molecule has 1 aliphatic rings. The van der Waals surface area contributed by atoms with Gasteiger partial charge in [0.1, 0.15) is 5.82 Å². The highest BCUT2D eigenvalue weighted by Crippen LogP contribution is 2.15.